The molecule has 16 heteroatoms. The number of anilines is 1. The van der Waals surface area contributed by atoms with Crippen molar-refractivity contribution in [1.82, 2.24) is 9.78 Å². The van der Waals surface area contributed by atoms with Crippen LogP contribution in [0.4, 0.5) is 30.0 Å². The first kappa shape index (κ1) is 26.3. The Morgan fingerprint density at radius 2 is 1.81 bits per heavy atom. The van der Waals surface area contributed by atoms with Crippen LogP contribution in [0.2, 0.25) is 10.0 Å². The summed E-state index contributed by atoms with van der Waals surface area (Å²) in [6.07, 6.45) is 0.591. The molecule has 1 unspecified atom stereocenters. The van der Waals surface area contributed by atoms with E-state index in [0.29, 0.717) is 4.68 Å². The summed E-state index contributed by atoms with van der Waals surface area (Å²) in [6, 6.07) is 1.68. The summed E-state index contributed by atoms with van der Waals surface area (Å²) in [6.45, 7) is 1.66. The number of nitrogens with zero attached hydrogens (tertiary/aromatic N) is 3. The van der Waals surface area contributed by atoms with E-state index >= 15 is 0 Å². The molecule has 2 saturated carbocycles. The predicted octanol–water partition coefficient (Wildman–Crippen LogP) is 6.57. The number of ether oxygens (including phenoxy) is 1. The van der Waals surface area contributed by atoms with E-state index in [4.69, 9.17) is 33.7 Å². The van der Waals surface area contributed by atoms with E-state index in [1.54, 1.807) is 13.0 Å². The van der Waals surface area contributed by atoms with Crippen LogP contribution >= 0.6 is 33.4 Å². The first-order valence-electron chi connectivity index (χ1n) is 10.4. The monoisotopic (exact) mass is 573 g/mol. The average Bonchev–Trinajstić information content (AvgIpc) is 3.63. The van der Waals surface area contributed by atoms with Gasteiger partial charge in [-0.2, -0.15) is 10.4 Å². The van der Waals surface area contributed by atoms with Gasteiger partial charge in [0.05, 0.1) is 15.5 Å². The van der Waals surface area contributed by atoms with E-state index in [1.807, 2.05) is 0 Å². The van der Waals surface area contributed by atoms with Crippen molar-refractivity contribution < 1.29 is 33.8 Å². The highest BCUT2D eigenvalue weighted by atomic mass is 35.5. The summed E-state index contributed by atoms with van der Waals surface area (Å²) in [7, 11) is -10.2. The van der Waals surface area contributed by atoms with Crippen LogP contribution in [0.25, 0.3) is 5.69 Å². The van der Waals surface area contributed by atoms with Gasteiger partial charge in [0.25, 0.3) is 0 Å². The van der Waals surface area contributed by atoms with Crippen molar-refractivity contribution >= 4 is 51.2 Å². The lowest BCUT2D eigenvalue weighted by molar-refractivity contribution is -0.120. The molecule has 0 saturated heterocycles. The van der Waals surface area contributed by atoms with Gasteiger partial charge in [0, 0.05) is 5.56 Å². The van der Waals surface area contributed by atoms with Crippen LogP contribution in [-0.2, 0) is 14.9 Å². The van der Waals surface area contributed by atoms with E-state index < -0.39 is 60.1 Å². The summed E-state index contributed by atoms with van der Waals surface area (Å²) in [5, 5.41) is 14.2. The second-order valence-electron chi connectivity index (χ2n) is 8.82. The zero-order chi connectivity index (χ0) is 26.9. The van der Waals surface area contributed by atoms with Gasteiger partial charge < -0.3 is 10.5 Å². The Balaban J connectivity index is 1.90. The fraction of sp³-hybridized carbons (Fsp3) is 0.400. The molecule has 2 amide bonds. The van der Waals surface area contributed by atoms with Crippen molar-refractivity contribution in [2.45, 2.75) is 49.0 Å². The fourth-order valence-corrected chi connectivity index (χ4v) is 5.35. The van der Waals surface area contributed by atoms with E-state index in [9.17, 15) is 34.3 Å². The van der Waals surface area contributed by atoms with Crippen LogP contribution < -0.4 is 11.1 Å². The van der Waals surface area contributed by atoms with Crippen LogP contribution in [-0.4, -0.2) is 27.9 Å². The molecule has 8 nitrogen and oxygen atoms in total. The molecular weight excluding hydrogens is 556 g/mol. The molecule has 0 aliphatic heterocycles. The lowest BCUT2D eigenvalue weighted by atomic mass is 9.94. The summed E-state index contributed by atoms with van der Waals surface area (Å²) < 4.78 is 72.8. The maximum atomic E-state index is 13.4. The molecule has 0 spiro atoms. The van der Waals surface area contributed by atoms with Gasteiger partial charge in [-0.1, -0.05) is 42.6 Å². The number of nitrogens with two attached hydrogens (primary N) is 1. The van der Waals surface area contributed by atoms with Crippen molar-refractivity contribution in [3.05, 3.63) is 33.4 Å². The molecule has 1 aromatic heterocycles. The van der Waals surface area contributed by atoms with Gasteiger partial charge in [0.1, 0.15) is 28.6 Å². The van der Waals surface area contributed by atoms with Crippen LogP contribution in [0.1, 0.15) is 43.9 Å². The molecule has 3 N–H and O–H groups in total. The van der Waals surface area contributed by atoms with Crippen LogP contribution in [0.15, 0.2) is 17.0 Å². The van der Waals surface area contributed by atoms with Crippen molar-refractivity contribution in [1.29, 1.82) is 5.26 Å². The maximum absolute atomic E-state index is 13.4. The number of aromatic nitrogens is 2. The molecule has 1 atom stereocenters. The normalized spacial score (nSPS) is 19.4. The number of nitrogens with one attached hydrogen (secondary N) is 1. The molecule has 0 radical (unpaired) electrons. The van der Waals surface area contributed by atoms with Crippen LogP contribution in [0.5, 0.6) is 0 Å². The number of carbonyl (C=O) groups is 2. The van der Waals surface area contributed by atoms with E-state index in [-0.39, 0.29) is 42.3 Å². The van der Waals surface area contributed by atoms with Crippen molar-refractivity contribution in [2.75, 3.05) is 5.32 Å². The van der Waals surface area contributed by atoms with Crippen LogP contribution in [0, 0.1) is 17.2 Å². The zero-order valence-corrected chi connectivity index (χ0v) is 20.7. The van der Waals surface area contributed by atoms with Gasteiger partial charge in [0.15, 0.2) is 5.69 Å². The number of rotatable bonds is 7. The second-order valence-corrected chi connectivity index (χ2v) is 12.0. The molecule has 2 fully saturated rings. The van der Waals surface area contributed by atoms with Gasteiger partial charge in [-0.05, 0) is 50.7 Å². The first-order chi connectivity index (χ1) is 16.4. The molecule has 1 heterocycles. The first-order valence-corrected chi connectivity index (χ1v) is 13.1. The molecule has 4 rings (SSSR count). The molecule has 1 aromatic carbocycles. The summed E-state index contributed by atoms with van der Waals surface area (Å²) in [5.74, 6) is -1.05. The quantitative estimate of drug-likeness (QED) is 0.362. The third kappa shape index (κ3) is 4.79. The van der Waals surface area contributed by atoms with Crippen molar-refractivity contribution in [3.63, 3.8) is 0 Å². The minimum absolute atomic E-state index is 0.0318. The minimum Gasteiger partial charge on any atom is -0.446 e. The Bertz CT molecular complexity index is 1330. The fourth-order valence-electron chi connectivity index (χ4n) is 3.90. The Morgan fingerprint density at radius 3 is 2.22 bits per heavy atom. The lowest BCUT2D eigenvalue weighted by Gasteiger charge is -2.40. The average molecular weight is 574 g/mol. The SMILES string of the molecule is CC(OC(=O)Nc1c(C2(C(N)=O)CC2)c(C#N)nn1-c1c(Cl)cc(S(F)(F)(F)(F)F)cc1Cl)C1CC1. The summed E-state index contributed by atoms with van der Waals surface area (Å²) >= 11 is 11.9. The number of hydrogen-bond acceptors (Lipinski definition) is 5. The molecule has 36 heavy (non-hydrogen) atoms. The highest BCUT2D eigenvalue weighted by molar-refractivity contribution is 8.45. The van der Waals surface area contributed by atoms with Gasteiger partial charge in [-0.3, -0.25) is 10.1 Å². The smallest absolute Gasteiger partial charge is 0.413 e. The molecule has 2 aliphatic carbocycles. The van der Waals surface area contributed by atoms with Gasteiger partial charge in [-0.25, -0.2) is 9.48 Å². The molecule has 2 aromatic rings. The Labute approximate surface area is 211 Å². The number of amides is 2. The zero-order valence-electron chi connectivity index (χ0n) is 18.3. The highest BCUT2D eigenvalue weighted by Gasteiger charge is 2.65. The van der Waals surface area contributed by atoms with Crippen molar-refractivity contribution in [3.8, 4) is 11.8 Å². The summed E-state index contributed by atoms with van der Waals surface area (Å²) in [4.78, 5) is 22.6. The molecule has 196 valence electrons. The highest BCUT2D eigenvalue weighted by Crippen LogP contribution is 3.02. The topological polar surface area (TPSA) is 123 Å². The number of nitriles is 1. The number of primary amides is 1. The molecule has 0 bridgehead atoms. The predicted molar refractivity (Wildman–Crippen MR) is 122 cm³/mol. The van der Waals surface area contributed by atoms with E-state index in [1.165, 1.54) is 0 Å². The maximum Gasteiger partial charge on any atom is 0.413 e. The number of hydrogen-bond donors (Lipinski definition) is 2. The number of benzene rings is 1. The lowest BCUT2D eigenvalue weighted by Crippen LogP contribution is -2.31. The summed E-state index contributed by atoms with van der Waals surface area (Å²) in [5.41, 5.74) is 3.07. The van der Waals surface area contributed by atoms with Gasteiger partial charge >= 0.3 is 16.3 Å². The number of halogens is 7. The standard InChI is InChI=1S/C20H18Cl2F5N5O3S/c1-9(10-2-3-10)35-19(34)30-17-15(20(4-5-20)18(29)33)14(8-28)31-32(17)16-12(21)6-11(7-13(16)22)36(23,24,25,26)27/h6-7,9-10H,2-5H2,1H3,(H2,29,33)(H,30,34). The molecule has 2 aliphatic rings. The van der Waals surface area contributed by atoms with E-state index in [0.717, 1.165) is 12.8 Å². The van der Waals surface area contributed by atoms with Gasteiger partial charge in [0.2, 0.25) is 5.91 Å². The van der Waals surface area contributed by atoms with Crippen molar-refractivity contribution in [2.24, 2.45) is 11.7 Å². The number of carbonyl (C=O) groups excluding carboxylic acids is 2. The Hall–Kier alpha value is -2.76. The third-order valence-electron chi connectivity index (χ3n) is 6.14. The van der Waals surface area contributed by atoms with Gasteiger partial charge in [-0.15, -0.1) is 0 Å². The Morgan fingerprint density at radius 1 is 1.25 bits per heavy atom. The van der Waals surface area contributed by atoms with E-state index in [2.05, 4.69) is 10.4 Å². The van der Waals surface area contributed by atoms with Crippen LogP contribution in [0.3, 0.4) is 0 Å². The molecular formula is C20H18Cl2F5N5O3S. The minimum atomic E-state index is -10.2. The largest absolute Gasteiger partial charge is 0.446 e. The third-order valence-corrected chi connectivity index (χ3v) is 7.84. The Kier molecular flexibility index (Phi) is 5.57. The second kappa shape index (κ2) is 7.62.